The van der Waals surface area contributed by atoms with Crippen molar-refractivity contribution in [1.82, 2.24) is 20.5 Å². The maximum atomic E-state index is 4.76. The van der Waals surface area contributed by atoms with Gasteiger partial charge in [-0.1, -0.05) is 26.2 Å². The van der Waals surface area contributed by atoms with Crippen molar-refractivity contribution < 1.29 is 0 Å². The van der Waals surface area contributed by atoms with Gasteiger partial charge in [-0.15, -0.1) is 0 Å². The maximum absolute atomic E-state index is 4.76. The molecule has 0 bridgehead atoms. The van der Waals surface area contributed by atoms with Gasteiger partial charge in [-0.3, -0.25) is 5.10 Å². The van der Waals surface area contributed by atoms with E-state index in [9.17, 15) is 0 Å². The molecule has 3 rings (SSSR count). The number of aromatic nitrogens is 3. The van der Waals surface area contributed by atoms with Crippen LogP contribution >= 0.6 is 0 Å². The minimum atomic E-state index is 0.214. The van der Waals surface area contributed by atoms with Crippen molar-refractivity contribution in [3.63, 3.8) is 0 Å². The summed E-state index contributed by atoms with van der Waals surface area (Å²) in [5.41, 5.74) is 0.214. The molecular weight excluding hydrogens is 212 g/mol. The van der Waals surface area contributed by atoms with Crippen LogP contribution < -0.4 is 5.32 Å². The molecule has 1 aliphatic carbocycles. The van der Waals surface area contributed by atoms with Gasteiger partial charge in [-0.2, -0.15) is 5.10 Å². The molecule has 0 aromatic carbocycles. The smallest absolute Gasteiger partial charge is 0.156 e. The molecule has 1 saturated carbocycles. The molecule has 2 N–H and O–H groups in total. The molecule has 0 radical (unpaired) electrons. The maximum Gasteiger partial charge on any atom is 0.156 e. The fourth-order valence-corrected chi connectivity index (χ4v) is 3.17. The lowest BCUT2D eigenvalue weighted by molar-refractivity contribution is 0.304. The Kier molecular flexibility index (Phi) is 2.90. The number of H-pyrrole nitrogens is 1. The summed E-state index contributed by atoms with van der Waals surface area (Å²) in [7, 11) is 0. The van der Waals surface area contributed by atoms with Crippen molar-refractivity contribution >= 4 is 0 Å². The Labute approximate surface area is 103 Å². The van der Waals surface area contributed by atoms with Crippen molar-refractivity contribution in [1.29, 1.82) is 0 Å². The fourth-order valence-electron chi connectivity index (χ4n) is 3.17. The van der Waals surface area contributed by atoms with Crippen LogP contribution in [0.1, 0.15) is 69.6 Å². The number of rotatable bonds is 2. The highest BCUT2D eigenvalue weighted by atomic mass is 15.2. The third kappa shape index (κ3) is 2.10. The Bertz CT molecular complexity index is 373. The molecular formula is C13H22N4. The van der Waals surface area contributed by atoms with Crippen LogP contribution in [0.5, 0.6) is 0 Å². The van der Waals surface area contributed by atoms with Crippen LogP contribution in [0.4, 0.5) is 0 Å². The molecule has 0 spiro atoms. The summed E-state index contributed by atoms with van der Waals surface area (Å²) in [5, 5.41) is 11.1. The lowest BCUT2D eigenvalue weighted by Gasteiger charge is -2.30. The molecule has 2 heterocycles. The predicted molar refractivity (Wildman–Crippen MR) is 66.8 cm³/mol. The molecule has 17 heavy (non-hydrogen) atoms. The molecule has 2 aliphatic rings. The van der Waals surface area contributed by atoms with Crippen molar-refractivity contribution in [3.05, 3.63) is 11.6 Å². The van der Waals surface area contributed by atoms with Gasteiger partial charge in [-0.05, 0) is 32.2 Å². The summed E-state index contributed by atoms with van der Waals surface area (Å²) in [4.78, 5) is 4.76. The van der Waals surface area contributed by atoms with Gasteiger partial charge in [0.2, 0.25) is 0 Å². The lowest BCUT2D eigenvalue weighted by Crippen LogP contribution is -2.26. The molecule has 94 valence electrons. The SMILES string of the molecule is CC1(c2n[nH]c(C3CCCN3)n2)CCCCC1. The van der Waals surface area contributed by atoms with Crippen LogP contribution in [0.2, 0.25) is 0 Å². The van der Waals surface area contributed by atoms with Gasteiger partial charge >= 0.3 is 0 Å². The number of aromatic amines is 1. The Morgan fingerprint density at radius 1 is 1.18 bits per heavy atom. The summed E-state index contributed by atoms with van der Waals surface area (Å²) in [6, 6.07) is 0.406. The summed E-state index contributed by atoms with van der Waals surface area (Å²) >= 11 is 0. The van der Waals surface area contributed by atoms with Crippen LogP contribution in [-0.2, 0) is 5.41 Å². The minimum absolute atomic E-state index is 0.214. The molecule has 1 aromatic heterocycles. The topological polar surface area (TPSA) is 53.6 Å². The molecule has 1 aromatic rings. The van der Waals surface area contributed by atoms with E-state index in [1.807, 2.05) is 0 Å². The van der Waals surface area contributed by atoms with E-state index in [1.54, 1.807) is 0 Å². The predicted octanol–water partition coefficient (Wildman–Crippen LogP) is 2.45. The van der Waals surface area contributed by atoms with Gasteiger partial charge in [0.1, 0.15) is 5.82 Å². The normalized spacial score (nSPS) is 28.4. The summed E-state index contributed by atoms with van der Waals surface area (Å²) in [5.74, 6) is 2.09. The molecule has 1 saturated heterocycles. The third-order valence-corrected chi connectivity index (χ3v) is 4.39. The van der Waals surface area contributed by atoms with E-state index in [0.717, 1.165) is 18.2 Å². The number of nitrogens with one attached hydrogen (secondary N) is 2. The van der Waals surface area contributed by atoms with Gasteiger partial charge in [0.05, 0.1) is 6.04 Å². The largest absolute Gasteiger partial charge is 0.307 e. The van der Waals surface area contributed by atoms with E-state index >= 15 is 0 Å². The highest BCUT2D eigenvalue weighted by Gasteiger charge is 2.33. The second kappa shape index (κ2) is 4.41. The summed E-state index contributed by atoms with van der Waals surface area (Å²) in [6.07, 6.45) is 8.93. The first-order valence-corrected chi connectivity index (χ1v) is 6.94. The number of nitrogens with zero attached hydrogens (tertiary/aromatic N) is 2. The second-order valence-corrected chi connectivity index (χ2v) is 5.81. The van der Waals surface area contributed by atoms with Crippen LogP contribution in [0.25, 0.3) is 0 Å². The summed E-state index contributed by atoms with van der Waals surface area (Å²) in [6.45, 7) is 3.43. The molecule has 2 fully saturated rings. The lowest BCUT2D eigenvalue weighted by atomic mass is 9.75. The average molecular weight is 234 g/mol. The third-order valence-electron chi connectivity index (χ3n) is 4.39. The van der Waals surface area contributed by atoms with E-state index in [-0.39, 0.29) is 5.41 Å². The zero-order chi connectivity index (χ0) is 11.7. The highest BCUT2D eigenvalue weighted by Crippen LogP contribution is 2.37. The Morgan fingerprint density at radius 2 is 2.00 bits per heavy atom. The first-order chi connectivity index (χ1) is 8.28. The van der Waals surface area contributed by atoms with Crippen LogP contribution in [0.3, 0.4) is 0 Å². The van der Waals surface area contributed by atoms with Crippen molar-refractivity contribution in [2.45, 2.75) is 63.3 Å². The highest BCUT2D eigenvalue weighted by molar-refractivity contribution is 5.09. The second-order valence-electron chi connectivity index (χ2n) is 5.81. The van der Waals surface area contributed by atoms with E-state index in [1.165, 1.54) is 44.9 Å². The fraction of sp³-hybridized carbons (Fsp3) is 0.846. The van der Waals surface area contributed by atoms with Gasteiger partial charge in [0.25, 0.3) is 0 Å². The number of hydrogen-bond acceptors (Lipinski definition) is 3. The van der Waals surface area contributed by atoms with Crippen molar-refractivity contribution in [3.8, 4) is 0 Å². The molecule has 4 nitrogen and oxygen atoms in total. The monoisotopic (exact) mass is 234 g/mol. The first-order valence-electron chi connectivity index (χ1n) is 6.94. The zero-order valence-electron chi connectivity index (χ0n) is 10.6. The molecule has 4 heteroatoms. The van der Waals surface area contributed by atoms with Gasteiger partial charge in [-0.25, -0.2) is 4.98 Å². The Hall–Kier alpha value is -0.900. The zero-order valence-corrected chi connectivity index (χ0v) is 10.6. The minimum Gasteiger partial charge on any atom is -0.307 e. The van der Waals surface area contributed by atoms with Crippen molar-refractivity contribution in [2.24, 2.45) is 0 Å². The number of hydrogen-bond donors (Lipinski definition) is 2. The molecule has 1 unspecified atom stereocenters. The molecule has 1 aliphatic heterocycles. The van der Waals surface area contributed by atoms with Crippen molar-refractivity contribution in [2.75, 3.05) is 6.54 Å². The average Bonchev–Trinajstić information content (AvgIpc) is 3.01. The van der Waals surface area contributed by atoms with Gasteiger partial charge in [0.15, 0.2) is 5.82 Å². The van der Waals surface area contributed by atoms with E-state index in [0.29, 0.717) is 6.04 Å². The first kappa shape index (κ1) is 11.2. The van der Waals surface area contributed by atoms with Gasteiger partial charge < -0.3 is 5.32 Å². The van der Waals surface area contributed by atoms with Crippen LogP contribution in [-0.4, -0.2) is 21.7 Å². The van der Waals surface area contributed by atoms with E-state index in [2.05, 4.69) is 22.4 Å². The van der Waals surface area contributed by atoms with E-state index < -0.39 is 0 Å². The standard InChI is InChI=1S/C13H22N4/c1-13(7-3-2-4-8-13)12-15-11(16-17-12)10-6-5-9-14-10/h10,14H,2-9H2,1H3,(H,15,16,17). The molecule has 0 amide bonds. The Morgan fingerprint density at radius 3 is 2.71 bits per heavy atom. The van der Waals surface area contributed by atoms with Crippen LogP contribution in [0, 0.1) is 0 Å². The van der Waals surface area contributed by atoms with Gasteiger partial charge in [0, 0.05) is 5.41 Å². The Balaban J connectivity index is 1.78. The quantitative estimate of drug-likeness (QED) is 0.826. The summed E-state index contributed by atoms with van der Waals surface area (Å²) < 4.78 is 0. The van der Waals surface area contributed by atoms with Crippen LogP contribution in [0.15, 0.2) is 0 Å². The molecule has 1 atom stereocenters. The van der Waals surface area contributed by atoms with E-state index in [4.69, 9.17) is 4.98 Å².